The zero-order chi connectivity index (χ0) is 10.8. The second-order valence-electron chi connectivity index (χ2n) is 4.41. The summed E-state index contributed by atoms with van der Waals surface area (Å²) < 4.78 is 0. The van der Waals surface area contributed by atoms with E-state index in [9.17, 15) is 0 Å². The van der Waals surface area contributed by atoms with Crippen LogP contribution in [0.1, 0.15) is 26.0 Å². The molecule has 4 heteroatoms. The molecule has 0 aliphatic carbocycles. The molecule has 0 saturated carbocycles. The number of nitrogens with zero attached hydrogens (tertiary/aromatic N) is 3. The molecular weight excluding hydrogens is 188 g/mol. The van der Waals surface area contributed by atoms with Crippen LogP contribution < -0.4 is 10.6 Å². The van der Waals surface area contributed by atoms with Gasteiger partial charge in [0.05, 0.1) is 11.9 Å². The first-order chi connectivity index (χ1) is 7.20. The maximum absolute atomic E-state index is 5.56. The van der Waals surface area contributed by atoms with E-state index in [1.807, 2.05) is 6.20 Å². The summed E-state index contributed by atoms with van der Waals surface area (Å²) in [5.74, 6) is 1.71. The normalized spacial score (nSPS) is 25.9. The molecule has 2 unspecified atom stereocenters. The van der Waals surface area contributed by atoms with E-state index in [0.717, 1.165) is 24.0 Å². The highest BCUT2D eigenvalue weighted by Crippen LogP contribution is 2.26. The lowest BCUT2D eigenvalue weighted by molar-refractivity contribution is 0.625. The third-order valence-corrected chi connectivity index (χ3v) is 2.96. The average molecular weight is 206 g/mol. The molecule has 1 aliphatic heterocycles. The summed E-state index contributed by atoms with van der Waals surface area (Å²) in [4.78, 5) is 11.0. The molecular formula is C11H18N4. The van der Waals surface area contributed by atoms with Crippen molar-refractivity contribution >= 4 is 5.82 Å². The van der Waals surface area contributed by atoms with Crippen LogP contribution in [0, 0.1) is 5.92 Å². The van der Waals surface area contributed by atoms with Crippen LogP contribution in [0.15, 0.2) is 12.4 Å². The molecule has 0 spiro atoms. The Morgan fingerprint density at radius 3 is 2.87 bits per heavy atom. The number of aromatic nitrogens is 2. The molecule has 1 fully saturated rings. The Kier molecular flexibility index (Phi) is 2.86. The molecule has 1 aromatic heterocycles. The Balaban J connectivity index is 2.21. The summed E-state index contributed by atoms with van der Waals surface area (Å²) in [6.45, 7) is 6.04. The third kappa shape index (κ3) is 2.09. The highest BCUT2D eigenvalue weighted by Gasteiger charge is 2.27. The molecule has 2 atom stereocenters. The van der Waals surface area contributed by atoms with E-state index in [0.29, 0.717) is 12.6 Å². The van der Waals surface area contributed by atoms with Crippen molar-refractivity contribution in [3.63, 3.8) is 0 Å². The predicted molar refractivity (Wildman–Crippen MR) is 60.5 cm³/mol. The van der Waals surface area contributed by atoms with Gasteiger partial charge in [-0.15, -0.1) is 0 Å². The van der Waals surface area contributed by atoms with Gasteiger partial charge in [-0.2, -0.15) is 0 Å². The van der Waals surface area contributed by atoms with Crippen molar-refractivity contribution < 1.29 is 0 Å². The Labute approximate surface area is 90.5 Å². The molecule has 82 valence electrons. The predicted octanol–water partition coefficient (Wildman–Crippen LogP) is 1.17. The van der Waals surface area contributed by atoms with Crippen molar-refractivity contribution in [3.8, 4) is 0 Å². The molecule has 4 nitrogen and oxygen atoms in total. The van der Waals surface area contributed by atoms with Crippen molar-refractivity contribution in [1.29, 1.82) is 0 Å². The van der Waals surface area contributed by atoms with Gasteiger partial charge in [-0.3, -0.25) is 4.98 Å². The number of hydrogen-bond donors (Lipinski definition) is 1. The molecule has 2 heterocycles. The van der Waals surface area contributed by atoms with E-state index in [4.69, 9.17) is 5.73 Å². The minimum atomic E-state index is 0.457. The SMILES string of the molecule is CC1CC(C)N(c2cncc(CN)n2)C1. The lowest BCUT2D eigenvalue weighted by atomic mass is 10.1. The lowest BCUT2D eigenvalue weighted by Gasteiger charge is -2.22. The molecule has 0 radical (unpaired) electrons. The summed E-state index contributed by atoms with van der Waals surface area (Å²) >= 11 is 0. The molecule has 1 aliphatic rings. The summed E-state index contributed by atoms with van der Waals surface area (Å²) in [7, 11) is 0. The van der Waals surface area contributed by atoms with E-state index in [-0.39, 0.29) is 0 Å². The first kappa shape index (κ1) is 10.4. The molecule has 0 bridgehead atoms. The topological polar surface area (TPSA) is 55.0 Å². The number of anilines is 1. The second-order valence-corrected chi connectivity index (χ2v) is 4.41. The van der Waals surface area contributed by atoms with Crippen LogP contribution in [0.3, 0.4) is 0 Å². The van der Waals surface area contributed by atoms with Crippen molar-refractivity contribution in [2.45, 2.75) is 32.9 Å². The van der Waals surface area contributed by atoms with Gasteiger partial charge in [0.2, 0.25) is 0 Å². The Bertz CT molecular complexity index is 339. The Hall–Kier alpha value is -1.16. The second kappa shape index (κ2) is 4.14. The smallest absolute Gasteiger partial charge is 0.147 e. The number of nitrogens with two attached hydrogens (primary N) is 1. The minimum absolute atomic E-state index is 0.457. The maximum atomic E-state index is 5.56. The quantitative estimate of drug-likeness (QED) is 0.789. The van der Waals surface area contributed by atoms with E-state index in [1.165, 1.54) is 6.42 Å². The van der Waals surface area contributed by atoms with Crippen LogP contribution >= 0.6 is 0 Å². The van der Waals surface area contributed by atoms with Crippen molar-refractivity contribution in [2.75, 3.05) is 11.4 Å². The van der Waals surface area contributed by atoms with Crippen LogP contribution in [0.2, 0.25) is 0 Å². The summed E-state index contributed by atoms with van der Waals surface area (Å²) in [6, 6.07) is 0.558. The van der Waals surface area contributed by atoms with Gasteiger partial charge < -0.3 is 10.6 Å². The molecule has 0 amide bonds. The van der Waals surface area contributed by atoms with Gasteiger partial charge in [0.15, 0.2) is 0 Å². The van der Waals surface area contributed by atoms with E-state index >= 15 is 0 Å². The highest BCUT2D eigenvalue weighted by atomic mass is 15.2. The first-order valence-electron chi connectivity index (χ1n) is 5.48. The van der Waals surface area contributed by atoms with Gasteiger partial charge in [0.25, 0.3) is 0 Å². The Morgan fingerprint density at radius 1 is 1.47 bits per heavy atom. The summed E-state index contributed by atoms with van der Waals surface area (Å²) in [6.07, 6.45) is 4.79. The molecule has 2 rings (SSSR count). The largest absolute Gasteiger partial charge is 0.352 e. The van der Waals surface area contributed by atoms with Gasteiger partial charge in [-0.05, 0) is 19.3 Å². The molecule has 1 saturated heterocycles. The fourth-order valence-electron chi connectivity index (χ4n) is 2.25. The number of hydrogen-bond acceptors (Lipinski definition) is 4. The Morgan fingerprint density at radius 2 is 2.27 bits per heavy atom. The van der Waals surface area contributed by atoms with Crippen LogP contribution in [-0.2, 0) is 6.54 Å². The zero-order valence-electron chi connectivity index (χ0n) is 9.35. The van der Waals surface area contributed by atoms with Gasteiger partial charge in [0.1, 0.15) is 5.82 Å². The maximum Gasteiger partial charge on any atom is 0.147 e. The summed E-state index contributed by atoms with van der Waals surface area (Å²) in [5, 5.41) is 0. The first-order valence-corrected chi connectivity index (χ1v) is 5.48. The average Bonchev–Trinajstić information content (AvgIpc) is 2.58. The third-order valence-electron chi connectivity index (χ3n) is 2.96. The van der Waals surface area contributed by atoms with Crippen molar-refractivity contribution in [2.24, 2.45) is 11.7 Å². The van der Waals surface area contributed by atoms with E-state index in [1.54, 1.807) is 6.20 Å². The summed E-state index contributed by atoms with van der Waals surface area (Å²) in [5.41, 5.74) is 6.42. The van der Waals surface area contributed by atoms with Crippen molar-refractivity contribution in [3.05, 3.63) is 18.1 Å². The molecule has 0 aromatic carbocycles. The molecule has 2 N–H and O–H groups in total. The van der Waals surface area contributed by atoms with Crippen LogP contribution in [0.5, 0.6) is 0 Å². The monoisotopic (exact) mass is 206 g/mol. The van der Waals surface area contributed by atoms with Gasteiger partial charge in [0, 0.05) is 25.3 Å². The lowest BCUT2D eigenvalue weighted by Crippen LogP contribution is -2.28. The van der Waals surface area contributed by atoms with Gasteiger partial charge >= 0.3 is 0 Å². The standard InChI is InChI=1S/C11H18N4/c1-8-3-9(2)15(7-8)11-6-13-5-10(4-12)14-11/h5-6,8-9H,3-4,7,12H2,1-2H3. The van der Waals surface area contributed by atoms with E-state index in [2.05, 4.69) is 28.7 Å². The van der Waals surface area contributed by atoms with Crippen molar-refractivity contribution in [1.82, 2.24) is 9.97 Å². The fraction of sp³-hybridized carbons (Fsp3) is 0.636. The van der Waals surface area contributed by atoms with Gasteiger partial charge in [-0.25, -0.2) is 4.98 Å². The van der Waals surface area contributed by atoms with Crippen LogP contribution in [-0.4, -0.2) is 22.6 Å². The fourth-order valence-corrected chi connectivity index (χ4v) is 2.25. The van der Waals surface area contributed by atoms with E-state index < -0.39 is 0 Å². The molecule has 1 aromatic rings. The minimum Gasteiger partial charge on any atom is -0.352 e. The zero-order valence-corrected chi connectivity index (χ0v) is 9.35. The van der Waals surface area contributed by atoms with Gasteiger partial charge in [-0.1, -0.05) is 6.92 Å². The highest BCUT2D eigenvalue weighted by molar-refractivity contribution is 5.39. The van der Waals surface area contributed by atoms with Crippen LogP contribution in [0.25, 0.3) is 0 Å². The van der Waals surface area contributed by atoms with Crippen LogP contribution in [0.4, 0.5) is 5.82 Å². The molecule has 15 heavy (non-hydrogen) atoms. The number of rotatable bonds is 2.